The number of halogens is 1. The number of carbonyl (C=O) groups is 2. The molecule has 0 aliphatic carbocycles. The summed E-state index contributed by atoms with van der Waals surface area (Å²) < 4.78 is 45.3. The third kappa shape index (κ3) is 4.95. The number of hydrogen-bond donors (Lipinski definition) is 1. The van der Waals surface area contributed by atoms with E-state index >= 15 is 0 Å². The van der Waals surface area contributed by atoms with Gasteiger partial charge < -0.3 is 15.0 Å². The fourth-order valence-corrected chi connectivity index (χ4v) is 4.53. The van der Waals surface area contributed by atoms with Crippen molar-refractivity contribution in [2.75, 3.05) is 44.7 Å². The molecule has 3 rings (SSSR count). The molecule has 0 bridgehead atoms. The molecular formula is C20H22FN3O5S. The second-order valence-electron chi connectivity index (χ2n) is 6.64. The first-order valence-electron chi connectivity index (χ1n) is 9.29. The number of likely N-dealkylation sites (N-methyl/N-ethyl adjacent to an activating group) is 1. The topological polar surface area (TPSA) is 96.0 Å². The minimum atomic E-state index is -3.81. The normalized spacial score (nSPS) is 14.9. The van der Waals surface area contributed by atoms with Gasteiger partial charge in [0.2, 0.25) is 10.0 Å². The summed E-state index contributed by atoms with van der Waals surface area (Å²) in [5.41, 5.74) is 0.874. The highest BCUT2D eigenvalue weighted by molar-refractivity contribution is 7.89. The van der Waals surface area contributed by atoms with Gasteiger partial charge >= 0.3 is 5.97 Å². The third-order valence-electron chi connectivity index (χ3n) is 4.75. The van der Waals surface area contributed by atoms with Crippen molar-refractivity contribution in [1.82, 2.24) is 9.62 Å². The van der Waals surface area contributed by atoms with Gasteiger partial charge in [0, 0.05) is 38.9 Å². The van der Waals surface area contributed by atoms with Gasteiger partial charge in [-0.3, -0.25) is 4.79 Å². The molecule has 1 aliphatic heterocycles. The van der Waals surface area contributed by atoms with Crippen molar-refractivity contribution in [2.45, 2.75) is 4.90 Å². The highest BCUT2D eigenvalue weighted by Gasteiger charge is 2.29. The Morgan fingerprint density at radius 1 is 1.07 bits per heavy atom. The molecule has 160 valence electrons. The highest BCUT2D eigenvalue weighted by Crippen LogP contribution is 2.22. The summed E-state index contributed by atoms with van der Waals surface area (Å²) in [5.74, 6) is -1.57. The molecule has 0 saturated carbocycles. The Labute approximate surface area is 174 Å². The van der Waals surface area contributed by atoms with Crippen LogP contribution in [0.25, 0.3) is 0 Å². The molecule has 1 aliphatic rings. The van der Waals surface area contributed by atoms with Gasteiger partial charge in [0.05, 0.1) is 10.5 Å². The van der Waals surface area contributed by atoms with E-state index in [1.165, 1.54) is 47.8 Å². The van der Waals surface area contributed by atoms with Crippen molar-refractivity contribution < 1.29 is 27.1 Å². The van der Waals surface area contributed by atoms with Crippen LogP contribution in [0.15, 0.2) is 53.4 Å². The molecule has 8 nitrogen and oxygen atoms in total. The molecule has 1 heterocycles. The number of rotatable bonds is 6. The van der Waals surface area contributed by atoms with Crippen LogP contribution in [0.3, 0.4) is 0 Å². The Kier molecular flexibility index (Phi) is 6.68. The van der Waals surface area contributed by atoms with Crippen LogP contribution >= 0.6 is 0 Å². The lowest BCUT2D eigenvalue weighted by Crippen LogP contribution is -2.48. The number of sulfonamides is 1. The zero-order valence-corrected chi connectivity index (χ0v) is 17.2. The lowest BCUT2D eigenvalue weighted by molar-refractivity contribution is -0.123. The Bertz CT molecular complexity index is 1020. The summed E-state index contributed by atoms with van der Waals surface area (Å²) in [7, 11) is -2.39. The lowest BCUT2D eigenvalue weighted by Gasteiger charge is -2.35. The van der Waals surface area contributed by atoms with E-state index in [2.05, 4.69) is 5.32 Å². The first-order valence-corrected chi connectivity index (χ1v) is 10.7. The third-order valence-corrected chi connectivity index (χ3v) is 6.65. The van der Waals surface area contributed by atoms with Crippen molar-refractivity contribution in [3.05, 3.63) is 59.9 Å². The van der Waals surface area contributed by atoms with Gasteiger partial charge in [-0.25, -0.2) is 17.6 Å². The van der Waals surface area contributed by atoms with Crippen molar-refractivity contribution in [3.8, 4) is 0 Å². The van der Waals surface area contributed by atoms with Crippen LogP contribution in [0.4, 0.5) is 10.1 Å². The van der Waals surface area contributed by atoms with E-state index in [0.29, 0.717) is 13.1 Å². The molecule has 0 unspecified atom stereocenters. The molecule has 1 saturated heterocycles. The zero-order chi connectivity index (χ0) is 21.7. The van der Waals surface area contributed by atoms with Crippen molar-refractivity contribution in [3.63, 3.8) is 0 Å². The predicted molar refractivity (Wildman–Crippen MR) is 108 cm³/mol. The van der Waals surface area contributed by atoms with Crippen LogP contribution in [-0.2, 0) is 19.6 Å². The number of nitrogens with zero attached hydrogens (tertiary/aromatic N) is 2. The molecule has 0 aromatic heterocycles. The Hall–Kier alpha value is -2.98. The molecule has 30 heavy (non-hydrogen) atoms. The van der Waals surface area contributed by atoms with E-state index in [-0.39, 0.29) is 29.4 Å². The quantitative estimate of drug-likeness (QED) is 0.686. The fourth-order valence-electron chi connectivity index (χ4n) is 3.06. The number of anilines is 1. The van der Waals surface area contributed by atoms with E-state index < -0.39 is 28.5 Å². The molecule has 1 fully saturated rings. The minimum Gasteiger partial charge on any atom is -0.452 e. The molecule has 0 atom stereocenters. The Morgan fingerprint density at radius 3 is 2.37 bits per heavy atom. The van der Waals surface area contributed by atoms with Gasteiger partial charge in [0.15, 0.2) is 6.61 Å². The highest BCUT2D eigenvalue weighted by atomic mass is 32.2. The smallest absolute Gasteiger partial charge is 0.338 e. The van der Waals surface area contributed by atoms with E-state index in [1.807, 2.05) is 4.90 Å². The van der Waals surface area contributed by atoms with Gasteiger partial charge in [-0.15, -0.1) is 0 Å². The zero-order valence-electron chi connectivity index (χ0n) is 16.4. The summed E-state index contributed by atoms with van der Waals surface area (Å²) >= 11 is 0. The molecule has 1 N–H and O–H groups in total. The van der Waals surface area contributed by atoms with Crippen molar-refractivity contribution in [2.24, 2.45) is 0 Å². The molecule has 0 spiro atoms. The summed E-state index contributed by atoms with van der Waals surface area (Å²) in [5, 5.41) is 2.33. The first kappa shape index (κ1) is 21.7. The number of carbonyl (C=O) groups excluding carboxylic acids is 2. The SMILES string of the molecule is CNC(=O)COC(=O)c1cccc(S(=O)(=O)N2CCN(c3ccc(F)cc3)CC2)c1. The molecular weight excluding hydrogens is 413 g/mol. The summed E-state index contributed by atoms with van der Waals surface area (Å²) in [6.07, 6.45) is 0. The number of hydrogen-bond acceptors (Lipinski definition) is 6. The van der Waals surface area contributed by atoms with Crippen molar-refractivity contribution >= 4 is 27.6 Å². The monoisotopic (exact) mass is 435 g/mol. The molecule has 2 aromatic carbocycles. The lowest BCUT2D eigenvalue weighted by atomic mass is 10.2. The second kappa shape index (κ2) is 9.23. The van der Waals surface area contributed by atoms with Gasteiger partial charge in [0.1, 0.15) is 5.82 Å². The van der Waals surface area contributed by atoms with Crippen LogP contribution in [-0.4, -0.2) is 64.4 Å². The van der Waals surface area contributed by atoms with E-state index in [0.717, 1.165) is 5.69 Å². The maximum absolute atomic E-state index is 13.1. The number of ether oxygens (including phenoxy) is 1. The standard InChI is InChI=1S/C20H22FN3O5S/c1-22-19(25)14-29-20(26)15-3-2-4-18(13-15)30(27,28)24-11-9-23(10-12-24)17-7-5-16(21)6-8-17/h2-8,13H,9-12,14H2,1H3,(H,22,25). The number of piperazine rings is 1. The molecule has 1 amide bonds. The predicted octanol–water partition coefficient (Wildman–Crippen LogP) is 1.24. The van der Waals surface area contributed by atoms with Crippen LogP contribution < -0.4 is 10.2 Å². The maximum atomic E-state index is 13.1. The fraction of sp³-hybridized carbons (Fsp3) is 0.300. The first-order chi connectivity index (χ1) is 14.3. The average molecular weight is 435 g/mol. The van der Waals surface area contributed by atoms with E-state index in [9.17, 15) is 22.4 Å². The number of nitrogens with one attached hydrogen (secondary N) is 1. The van der Waals surface area contributed by atoms with Gasteiger partial charge in [-0.05, 0) is 42.5 Å². The van der Waals surface area contributed by atoms with Crippen LogP contribution in [0.1, 0.15) is 10.4 Å². The Balaban J connectivity index is 1.68. The van der Waals surface area contributed by atoms with Crippen LogP contribution in [0.2, 0.25) is 0 Å². The number of benzene rings is 2. The van der Waals surface area contributed by atoms with Crippen LogP contribution in [0, 0.1) is 5.82 Å². The van der Waals surface area contributed by atoms with Gasteiger partial charge in [0.25, 0.3) is 5.91 Å². The molecule has 2 aromatic rings. The van der Waals surface area contributed by atoms with Crippen molar-refractivity contribution in [1.29, 1.82) is 0 Å². The maximum Gasteiger partial charge on any atom is 0.338 e. The summed E-state index contributed by atoms with van der Waals surface area (Å²) in [6.45, 7) is 0.977. The number of amides is 1. The minimum absolute atomic E-state index is 0.0212. The van der Waals surface area contributed by atoms with E-state index in [4.69, 9.17) is 4.74 Å². The molecule has 0 radical (unpaired) electrons. The van der Waals surface area contributed by atoms with Crippen LogP contribution in [0.5, 0.6) is 0 Å². The van der Waals surface area contributed by atoms with E-state index in [1.54, 1.807) is 12.1 Å². The van der Waals surface area contributed by atoms with Gasteiger partial charge in [-0.2, -0.15) is 4.31 Å². The van der Waals surface area contributed by atoms with Gasteiger partial charge in [-0.1, -0.05) is 6.07 Å². The Morgan fingerprint density at radius 2 is 1.73 bits per heavy atom. The average Bonchev–Trinajstić information content (AvgIpc) is 2.78. The number of esters is 1. The molecule has 10 heteroatoms. The summed E-state index contributed by atoms with van der Waals surface area (Å²) in [4.78, 5) is 25.3. The largest absolute Gasteiger partial charge is 0.452 e. The second-order valence-corrected chi connectivity index (χ2v) is 8.58. The summed E-state index contributed by atoms with van der Waals surface area (Å²) in [6, 6.07) is 11.6.